The summed E-state index contributed by atoms with van der Waals surface area (Å²) in [7, 11) is 0. The average molecular weight is 388 g/mol. The lowest BCUT2D eigenvalue weighted by atomic mass is 9.56. The summed E-state index contributed by atoms with van der Waals surface area (Å²) in [5.74, 6) is -1.09. The highest BCUT2D eigenvalue weighted by Gasteiger charge is 2.50. The van der Waals surface area contributed by atoms with Gasteiger partial charge in [0.15, 0.2) is 11.8 Å². The Bertz CT molecular complexity index is 861. The predicted molar refractivity (Wildman–Crippen MR) is 99.3 cm³/mol. The Labute approximate surface area is 162 Å². The molecule has 5 unspecified atom stereocenters. The second-order valence-electron chi connectivity index (χ2n) is 8.60. The summed E-state index contributed by atoms with van der Waals surface area (Å²) in [4.78, 5) is 23.6. The van der Waals surface area contributed by atoms with Crippen LogP contribution < -0.4 is 5.32 Å². The van der Waals surface area contributed by atoms with Crippen LogP contribution >= 0.6 is 0 Å². The van der Waals surface area contributed by atoms with E-state index in [1.54, 1.807) is 20.8 Å². The number of carbonyl (C=O) groups excluding carboxylic acids is 1. The largest absolute Gasteiger partial charge is 0.494 e. The van der Waals surface area contributed by atoms with E-state index in [0.717, 1.165) is 0 Å². The SMILES string of the molecule is CC(C)(C)OC(=O)NC(Cn1c(O)c2c(c1O)C1C=CC2C2C=CC12)C(=O)O. The molecule has 28 heavy (non-hydrogen) atoms. The zero-order valence-corrected chi connectivity index (χ0v) is 15.9. The van der Waals surface area contributed by atoms with Crippen molar-refractivity contribution in [3.05, 3.63) is 35.4 Å². The van der Waals surface area contributed by atoms with Gasteiger partial charge in [0.2, 0.25) is 0 Å². The number of rotatable bonds is 4. The fourth-order valence-corrected chi connectivity index (χ4v) is 4.44. The number of nitrogens with one attached hydrogen (secondary N) is 1. The predicted octanol–water partition coefficient (Wildman–Crippen LogP) is 2.43. The standard InChI is InChI=1S/C20H24N2O6/c1-20(2,3)28-19(27)21-13(18(25)26)8-22-16(23)14-11-6-7-12(15(14)17(22)24)10-5-4-9(10)11/h4-7,9-13,23-24H,8H2,1-3H3,(H,21,27)(H,25,26). The van der Waals surface area contributed by atoms with Gasteiger partial charge in [0, 0.05) is 23.0 Å². The number of hydrogen-bond acceptors (Lipinski definition) is 5. The van der Waals surface area contributed by atoms with Crippen molar-refractivity contribution in [3.8, 4) is 11.8 Å². The topological polar surface area (TPSA) is 121 Å². The van der Waals surface area contributed by atoms with Crippen molar-refractivity contribution in [1.29, 1.82) is 0 Å². The van der Waals surface area contributed by atoms with Crippen LogP contribution in [0.3, 0.4) is 0 Å². The molecule has 1 aromatic rings. The molecule has 8 nitrogen and oxygen atoms in total. The fourth-order valence-electron chi connectivity index (χ4n) is 4.44. The van der Waals surface area contributed by atoms with E-state index in [2.05, 4.69) is 17.5 Å². The maximum atomic E-state index is 12.0. The Hall–Kier alpha value is -2.90. The van der Waals surface area contributed by atoms with Gasteiger partial charge in [0.25, 0.3) is 0 Å². The lowest BCUT2D eigenvalue weighted by Gasteiger charge is -2.47. The highest BCUT2D eigenvalue weighted by molar-refractivity contribution is 5.80. The number of carbonyl (C=O) groups is 2. The van der Waals surface area contributed by atoms with E-state index in [0.29, 0.717) is 23.0 Å². The number of nitrogens with zero attached hydrogens (tertiary/aromatic N) is 1. The lowest BCUT2D eigenvalue weighted by Crippen LogP contribution is -2.45. The van der Waals surface area contributed by atoms with Crippen molar-refractivity contribution in [1.82, 2.24) is 9.88 Å². The first kappa shape index (κ1) is 18.5. The van der Waals surface area contributed by atoms with Crippen LogP contribution in [-0.4, -0.2) is 43.6 Å². The zero-order chi connectivity index (χ0) is 20.4. The quantitative estimate of drug-likeness (QED) is 0.588. The number of carboxylic acids is 1. The Morgan fingerprint density at radius 2 is 1.57 bits per heavy atom. The molecular weight excluding hydrogens is 364 g/mol. The molecule has 4 aliphatic carbocycles. The number of amides is 1. The summed E-state index contributed by atoms with van der Waals surface area (Å²) in [6, 6.07) is -1.37. The molecule has 5 rings (SSSR count). The third-order valence-corrected chi connectivity index (χ3v) is 5.66. The van der Waals surface area contributed by atoms with Crippen molar-refractivity contribution in [2.75, 3.05) is 0 Å². The molecule has 0 aromatic carbocycles. The van der Waals surface area contributed by atoms with E-state index in [1.807, 2.05) is 12.2 Å². The maximum Gasteiger partial charge on any atom is 0.408 e. The Morgan fingerprint density at radius 1 is 1.07 bits per heavy atom. The Balaban J connectivity index is 1.61. The fraction of sp³-hybridized carbons (Fsp3) is 0.500. The van der Waals surface area contributed by atoms with Gasteiger partial charge in [-0.2, -0.15) is 0 Å². The number of allylic oxidation sites excluding steroid dienone is 4. The van der Waals surface area contributed by atoms with Gasteiger partial charge in [-0.25, -0.2) is 9.59 Å². The van der Waals surface area contributed by atoms with Crippen LogP contribution in [0.2, 0.25) is 0 Å². The van der Waals surface area contributed by atoms with Gasteiger partial charge in [-0.05, 0) is 32.6 Å². The van der Waals surface area contributed by atoms with E-state index >= 15 is 0 Å². The normalized spacial score (nSPS) is 27.5. The van der Waals surface area contributed by atoms with Crippen LogP contribution in [0.25, 0.3) is 0 Å². The zero-order valence-electron chi connectivity index (χ0n) is 15.9. The molecule has 0 fully saturated rings. The van der Waals surface area contributed by atoms with E-state index in [-0.39, 0.29) is 30.1 Å². The van der Waals surface area contributed by atoms with E-state index in [4.69, 9.17) is 4.74 Å². The van der Waals surface area contributed by atoms with Crippen LogP contribution in [0.1, 0.15) is 43.7 Å². The molecule has 0 spiro atoms. The third kappa shape index (κ3) is 2.75. The van der Waals surface area contributed by atoms with Gasteiger partial charge in [0.1, 0.15) is 11.6 Å². The molecule has 5 atom stereocenters. The van der Waals surface area contributed by atoms with Gasteiger partial charge in [-0.15, -0.1) is 0 Å². The first-order chi connectivity index (χ1) is 13.1. The third-order valence-electron chi connectivity index (χ3n) is 5.66. The monoisotopic (exact) mass is 388 g/mol. The van der Waals surface area contributed by atoms with Crippen LogP contribution in [-0.2, 0) is 16.1 Å². The number of aliphatic carboxylic acids is 1. The molecule has 4 aliphatic rings. The molecule has 0 radical (unpaired) electrons. The number of aromatic hydroxyl groups is 2. The number of ether oxygens (including phenoxy) is 1. The molecule has 1 amide bonds. The Kier molecular flexibility index (Phi) is 3.99. The molecule has 0 saturated heterocycles. The van der Waals surface area contributed by atoms with E-state index < -0.39 is 23.7 Å². The number of carboxylic acid groups (broad SMARTS) is 1. The smallest absolute Gasteiger partial charge is 0.408 e. The molecule has 2 bridgehead atoms. The maximum absolute atomic E-state index is 12.0. The Morgan fingerprint density at radius 3 is 1.96 bits per heavy atom. The molecule has 4 N–H and O–H groups in total. The molecule has 1 heterocycles. The number of hydrogen-bond donors (Lipinski definition) is 4. The van der Waals surface area contributed by atoms with E-state index in [1.165, 1.54) is 4.57 Å². The molecular formula is C20H24N2O6. The van der Waals surface area contributed by atoms with Gasteiger partial charge in [-0.3, -0.25) is 4.57 Å². The van der Waals surface area contributed by atoms with Crippen LogP contribution in [0.4, 0.5) is 4.79 Å². The molecule has 0 aliphatic heterocycles. The first-order valence-electron chi connectivity index (χ1n) is 9.31. The first-order valence-corrected chi connectivity index (χ1v) is 9.31. The van der Waals surface area contributed by atoms with Gasteiger partial charge in [0.05, 0.1) is 6.54 Å². The van der Waals surface area contributed by atoms with Gasteiger partial charge >= 0.3 is 12.1 Å². The summed E-state index contributed by atoms with van der Waals surface area (Å²) < 4.78 is 6.28. The second kappa shape index (κ2) is 6.05. The highest BCUT2D eigenvalue weighted by atomic mass is 16.6. The number of aromatic nitrogens is 1. The minimum absolute atomic E-state index is 0.0377. The second-order valence-corrected chi connectivity index (χ2v) is 8.60. The van der Waals surface area contributed by atoms with Crippen molar-refractivity contribution in [2.45, 2.75) is 50.8 Å². The van der Waals surface area contributed by atoms with Crippen LogP contribution in [0, 0.1) is 11.8 Å². The summed E-state index contributed by atoms with van der Waals surface area (Å²) in [6.45, 7) is 4.70. The minimum atomic E-state index is -1.37. The average Bonchev–Trinajstić information content (AvgIpc) is 2.78. The molecule has 0 saturated carbocycles. The van der Waals surface area contributed by atoms with Crippen molar-refractivity contribution in [2.24, 2.45) is 11.8 Å². The van der Waals surface area contributed by atoms with Crippen LogP contribution in [0.5, 0.6) is 11.8 Å². The summed E-state index contributed by atoms with van der Waals surface area (Å²) >= 11 is 0. The van der Waals surface area contributed by atoms with Crippen molar-refractivity contribution >= 4 is 12.1 Å². The summed E-state index contributed by atoms with van der Waals surface area (Å²) in [6.07, 6.45) is 7.41. The minimum Gasteiger partial charge on any atom is -0.494 e. The lowest BCUT2D eigenvalue weighted by molar-refractivity contribution is -0.139. The van der Waals surface area contributed by atoms with Crippen LogP contribution in [0.15, 0.2) is 24.3 Å². The molecule has 150 valence electrons. The summed E-state index contributed by atoms with van der Waals surface area (Å²) in [5, 5.41) is 33.3. The highest BCUT2D eigenvalue weighted by Crippen LogP contribution is 2.61. The van der Waals surface area contributed by atoms with Gasteiger partial charge < -0.3 is 25.4 Å². The number of alkyl carbamates (subject to hydrolysis) is 1. The van der Waals surface area contributed by atoms with Crippen molar-refractivity contribution in [3.63, 3.8) is 0 Å². The van der Waals surface area contributed by atoms with E-state index in [9.17, 15) is 24.9 Å². The summed E-state index contributed by atoms with van der Waals surface area (Å²) in [5.41, 5.74) is 0.523. The van der Waals surface area contributed by atoms with Crippen molar-refractivity contribution < 1.29 is 29.6 Å². The molecule has 1 aromatic heterocycles. The molecule has 8 heteroatoms. The van der Waals surface area contributed by atoms with Gasteiger partial charge in [-0.1, -0.05) is 24.3 Å².